The van der Waals surface area contributed by atoms with E-state index in [4.69, 9.17) is 4.42 Å². The Morgan fingerprint density at radius 3 is 1.78 bits per heavy atom. The summed E-state index contributed by atoms with van der Waals surface area (Å²) in [5.74, 6) is 0. The third-order valence-corrected chi connectivity index (χ3v) is 13.6. The van der Waals surface area contributed by atoms with E-state index in [0.717, 1.165) is 39.0 Å². The maximum atomic E-state index is 6.29. The van der Waals surface area contributed by atoms with Gasteiger partial charge in [0.15, 0.2) is 0 Å². The van der Waals surface area contributed by atoms with Crippen molar-refractivity contribution in [3.8, 4) is 22.3 Å². The summed E-state index contributed by atoms with van der Waals surface area (Å²) in [7, 11) is 0. The van der Waals surface area contributed by atoms with Gasteiger partial charge in [0.05, 0.1) is 22.0 Å². The second-order valence-electron chi connectivity index (χ2n) is 16.5. The molecule has 0 unspecified atom stereocenters. The van der Waals surface area contributed by atoms with E-state index >= 15 is 0 Å². The number of hydrogen-bond donors (Lipinski definition) is 0. The minimum atomic E-state index is -0.409. The summed E-state index contributed by atoms with van der Waals surface area (Å²) in [6, 6.07) is 69.9. The minimum absolute atomic E-state index is 0.409. The molecule has 0 fully saturated rings. The van der Waals surface area contributed by atoms with Gasteiger partial charge in [-0.2, -0.15) is 0 Å². The third kappa shape index (κ3) is 3.83. The Labute approximate surface area is 339 Å². The number of nitrogens with zero attached hydrogens (tertiary/aromatic N) is 2. The molecular formula is C56H34N2O. The SMILES string of the molecule is Cc1cccc(N(c2ccc3oc4ccccc4c3c2)c2ccc3c4cccc5c6ccc7c(c6n(c3c2)c45)-c2ccccc2C72c3ccccc3-c3ccccc32)c1. The van der Waals surface area contributed by atoms with Gasteiger partial charge in [-0.1, -0.05) is 140 Å². The van der Waals surface area contributed by atoms with Crippen LogP contribution in [-0.4, -0.2) is 4.40 Å². The Morgan fingerprint density at radius 1 is 0.407 bits per heavy atom. The summed E-state index contributed by atoms with van der Waals surface area (Å²) in [5.41, 5.74) is 20.4. The zero-order chi connectivity index (χ0) is 38.6. The molecule has 3 nitrogen and oxygen atoms in total. The van der Waals surface area contributed by atoms with Crippen LogP contribution in [0.3, 0.4) is 0 Å². The Bertz CT molecular complexity index is 3720. The van der Waals surface area contributed by atoms with Crippen LogP contribution < -0.4 is 4.90 Å². The lowest BCUT2D eigenvalue weighted by Gasteiger charge is -2.30. The highest BCUT2D eigenvalue weighted by atomic mass is 16.3. The normalized spacial score (nSPS) is 13.6. The van der Waals surface area contributed by atoms with E-state index in [9.17, 15) is 0 Å². The van der Waals surface area contributed by atoms with E-state index in [2.05, 4.69) is 198 Å². The number of furan rings is 1. The van der Waals surface area contributed by atoms with Crippen LogP contribution >= 0.6 is 0 Å². The Kier molecular flexibility index (Phi) is 5.90. The second kappa shape index (κ2) is 11.1. The highest BCUT2D eigenvalue weighted by Gasteiger charge is 2.52. The van der Waals surface area contributed by atoms with Gasteiger partial charge in [-0.15, -0.1) is 0 Å². The van der Waals surface area contributed by atoms with Crippen LogP contribution in [0.4, 0.5) is 17.1 Å². The number of benzene rings is 9. The highest BCUT2D eigenvalue weighted by molar-refractivity contribution is 6.26. The Morgan fingerprint density at radius 2 is 0.983 bits per heavy atom. The molecule has 3 heteroatoms. The van der Waals surface area contributed by atoms with Gasteiger partial charge in [-0.25, -0.2) is 0 Å². The molecule has 3 aromatic heterocycles. The van der Waals surface area contributed by atoms with Crippen LogP contribution in [-0.2, 0) is 5.41 Å². The maximum Gasteiger partial charge on any atom is 0.135 e. The summed E-state index contributed by atoms with van der Waals surface area (Å²) in [4.78, 5) is 2.40. The molecule has 0 aliphatic heterocycles. The molecule has 0 amide bonds. The number of rotatable bonds is 3. The highest BCUT2D eigenvalue weighted by Crippen LogP contribution is 2.64. The number of hydrogen-bond acceptors (Lipinski definition) is 2. The molecule has 2 aliphatic carbocycles. The Hall–Kier alpha value is -7.62. The fourth-order valence-electron chi connectivity index (χ4n) is 11.3. The molecule has 9 aromatic carbocycles. The molecule has 0 saturated carbocycles. The molecule has 1 spiro atoms. The first kappa shape index (κ1) is 31.5. The van der Waals surface area contributed by atoms with Crippen molar-refractivity contribution >= 4 is 77.1 Å². The van der Waals surface area contributed by atoms with E-state index in [1.807, 2.05) is 6.07 Å². The second-order valence-corrected chi connectivity index (χ2v) is 16.5. The molecular weight excluding hydrogens is 717 g/mol. The summed E-state index contributed by atoms with van der Waals surface area (Å²) < 4.78 is 8.89. The van der Waals surface area contributed by atoms with E-state index in [-0.39, 0.29) is 0 Å². The van der Waals surface area contributed by atoms with Gasteiger partial charge >= 0.3 is 0 Å². The van der Waals surface area contributed by atoms with Crippen LogP contribution in [0, 0.1) is 6.92 Å². The van der Waals surface area contributed by atoms with Gasteiger partial charge in [-0.3, -0.25) is 0 Å². The van der Waals surface area contributed by atoms with Crippen molar-refractivity contribution in [1.82, 2.24) is 4.40 Å². The maximum absolute atomic E-state index is 6.29. The average molecular weight is 751 g/mol. The summed E-state index contributed by atoms with van der Waals surface area (Å²) in [6.45, 7) is 2.17. The van der Waals surface area contributed by atoms with Crippen molar-refractivity contribution < 1.29 is 4.42 Å². The van der Waals surface area contributed by atoms with Gasteiger partial charge < -0.3 is 13.7 Å². The monoisotopic (exact) mass is 750 g/mol. The number of para-hydroxylation sites is 2. The van der Waals surface area contributed by atoms with Crippen LogP contribution in [0.1, 0.15) is 27.8 Å². The zero-order valence-electron chi connectivity index (χ0n) is 32.2. The molecule has 0 atom stereocenters. The number of anilines is 3. The summed E-state index contributed by atoms with van der Waals surface area (Å²) in [5, 5.41) is 7.35. The van der Waals surface area contributed by atoms with Gasteiger partial charge in [0.25, 0.3) is 0 Å². The van der Waals surface area contributed by atoms with Crippen LogP contribution in [0.2, 0.25) is 0 Å². The van der Waals surface area contributed by atoms with Crippen molar-refractivity contribution in [3.63, 3.8) is 0 Å². The average Bonchev–Trinajstić information content (AvgIpc) is 4.06. The predicted molar refractivity (Wildman–Crippen MR) is 244 cm³/mol. The standard InChI is InChI=1S/C56H34N2O/c1-33-12-10-13-34(30-33)57(35-25-29-52-45(31-35)40-16-5-9-23-51(40)59-52)36-24-26-39-41-18-11-19-42-43-27-28-49-53(55(43)58(54(41)42)50(39)32-36)44-17-4-8-22-48(44)56(49)46-20-6-2-14-37(46)38-15-3-7-21-47(38)56/h2-32H,1H3. The van der Waals surface area contributed by atoms with Gasteiger partial charge in [0, 0.05) is 54.9 Å². The first-order chi connectivity index (χ1) is 29.2. The van der Waals surface area contributed by atoms with Crippen molar-refractivity contribution in [2.75, 3.05) is 4.90 Å². The lowest BCUT2D eigenvalue weighted by molar-refractivity contribution is 0.669. The summed E-state index contributed by atoms with van der Waals surface area (Å²) >= 11 is 0. The molecule has 274 valence electrons. The summed E-state index contributed by atoms with van der Waals surface area (Å²) in [6.07, 6.45) is 0. The molecule has 0 bridgehead atoms. The van der Waals surface area contributed by atoms with E-state index in [1.54, 1.807) is 0 Å². The number of aromatic nitrogens is 1. The van der Waals surface area contributed by atoms with Crippen LogP contribution in [0.15, 0.2) is 192 Å². The molecule has 0 radical (unpaired) electrons. The first-order valence-electron chi connectivity index (χ1n) is 20.5. The third-order valence-electron chi connectivity index (χ3n) is 13.6. The minimum Gasteiger partial charge on any atom is -0.456 e. The molecule has 2 aliphatic rings. The molecule has 3 heterocycles. The predicted octanol–water partition coefficient (Wildman–Crippen LogP) is 14.9. The lowest BCUT2D eigenvalue weighted by atomic mass is 9.70. The molecule has 0 N–H and O–H groups in total. The fraction of sp³-hybridized carbons (Fsp3) is 0.0357. The lowest BCUT2D eigenvalue weighted by Crippen LogP contribution is -2.25. The quantitative estimate of drug-likeness (QED) is 0.179. The largest absolute Gasteiger partial charge is 0.456 e. The molecule has 0 saturated heterocycles. The zero-order valence-corrected chi connectivity index (χ0v) is 32.2. The van der Waals surface area contributed by atoms with Gasteiger partial charge in [0.1, 0.15) is 11.2 Å². The van der Waals surface area contributed by atoms with E-state index < -0.39 is 5.41 Å². The first-order valence-corrected chi connectivity index (χ1v) is 20.5. The Balaban J connectivity index is 1.09. The number of fused-ring (bicyclic) bond motifs is 20. The van der Waals surface area contributed by atoms with E-state index in [1.165, 1.54) is 88.2 Å². The molecule has 59 heavy (non-hydrogen) atoms. The van der Waals surface area contributed by atoms with Crippen LogP contribution in [0.5, 0.6) is 0 Å². The number of aryl methyl sites for hydroxylation is 1. The van der Waals surface area contributed by atoms with Crippen molar-refractivity contribution in [1.29, 1.82) is 0 Å². The van der Waals surface area contributed by atoms with Crippen molar-refractivity contribution in [2.45, 2.75) is 12.3 Å². The van der Waals surface area contributed by atoms with Gasteiger partial charge in [-0.05, 0) is 100.0 Å². The topological polar surface area (TPSA) is 20.8 Å². The van der Waals surface area contributed by atoms with Gasteiger partial charge in [0.2, 0.25) is 0 Å². The van der Waals surface area contributed by atoms with E-state index in [0.29, 0.717) is 0 Å². The van der Waals surface area contributed by atoms with Crippen molar-refractivity contribution in [3.05, 3.63) is 216 Å². The van der Waals surface area contributed by atoms with Crippen LogP contribution in [0.25, 0.3) is 82.3 Å². The van der Waals surface area contributed by atoms with Crippen molar-refractivity contribution in [2.24, 2.45) is 0 Å². The molecule has 14 rings (SSSR count). The molecule has 12 aromatic rings. The fourth-order valence-corrected chi connectivity index (χ4v) is 11.3. The smallest absolute Gasteiger partial charge is 0.135 e.